The number of benzene rings is 2. The van der Waals surface area contributed by atoms with Crippen molar-refractivity contribution < 1.29 is 4.79 Å². The first-order valence-corrected chi connectivity index (χ1v) is 11.8. The van der Waals surface area contributed by atoms with Gasteiger partial charge in [0.2, 0.25) is 5.91 Å². The van der Waals surface area contributed by atoms with Gasteiger partial charge in [0.25, 0.3) is 0 Å². The molecule has 0 saturated carbocycles. The van der Waals surface area contributed by atoms with Gasteiger partial charge in [-0.2, -0.15) is 0 Å². The molecule has 6 nitrogen and oxygen atoms in total. The van der Waals surface area contributed by atoms with Crippen LogP contribution in [-0.2, 0) is 4.79 Å². The molecular weight excluding hydrogens is 422 g/mol. The van der Waals surface area contributed by atoms with Crippen LogP contribution in [0.1, 0.15) is 18.4 Å². The van der Waals surface area contributed by atoms with E-state index < -0.39 is 0 Å². The molecule has 1 aromatic heterocycles. The summed E-state index contributed by atoms with van der Waals surface area (Å²) in [5.41, 5.74) is 5.18. The molecule has 2 aliphatic heterocycles. The van der Waals surface area contributed by atoms with Crippen molar-refractivity contribution in [1.29, 1.82) is 0 Å². The lowest BCUT2D eigenvalue weighted by Gasteiger charge is -2.38. The highest BCUT2D eigenvalue weighted by Gasteiger charge is 2.30. The summed E-state index contributed by atoms with van der Waals surface area (Å²) in [7, 11) is 2.12. The summed E-state index contributed by atoms with van der Waals surface area (Å²) in [4.78, 5) is 27.8. The van der Waals surface area contributed by atoms with Crippen LogP contribution in [-0.4, -0.2) is 72.0 Å². The third kappa shape index (κ3) is 4.21. The molecule has 0 radical (unpaired) electrons. The first-order chi connectivity index (χ1) is 15.5. The second kappa shape index (κ2) is 8.75. The van der Waals surface area contributed by atoms with Gasteiger partial charge in [-0.25, -0.2) is 4.98 Å². The zero-order valence-electron chi connectivity index (χ0n) is 18.8. The average molecular weight is 452 g/mol. The number of aryl methyl sites for hydroxylation is 1. The van der Waals surface area contributed by atoms with Crippen LogP contribution in [0.4, 0.5) is 5.69 Å². The minimum atomic E-state index is 0.139. The molecule has 5 rings (SSSR count). The number of piperazine rings is 1. The van der Waals surface area contributed by atoms with E-state index in [0.717, 1.165) is 80.2 Å². The Morgan fingerprint density at radius 3 is 2.53 bits per heavy atom. The fourth-order valence-corrected chi connectivity index (χ4v) is 5.01. The number of carbonyl (C=O) groups excluding carboxylic acids is 1. The Hall–Kier alpha value is -2.57. The summed E-state index contributed by atoms with van der Waals surface area (Å²) in [6.45, 7) is 7.48. The molecular formula is C25H30ClN5O. The normalized spacial score (nSPS) is 18.5. The third-order valence-corrected chi connectivity index (χ3v) is 7.20. The number of carbonyl (C=O) groups is 1. The number of fused-ring (bicyclic) bond motifs is 1. The van der Waals surface area contributed by atoms with Crippen LogP contribution < -0.4 is 4.90 Å². The Kier molecular flexibility index (Phi) is 5.82. The van der Waals surface area contributed by atoms with Crippen LogP contribution in [0.3, 0.4) is 0 Å². The van der Waals surface area contributed by atoms with Gasteiger partial charge in [0.1, 0.15) is 5.82 Å². The average Bonchev–Trinajstić information content (AvgIpc) is 3.22. The van der Waals surface area contributed by atoms with E-state index >= 15 is 0 Å². The number of likely N-dealkylation sites (N-methyl/N-ethyl adjacent to an activating group) is 1. The number of nitrogens with one attached hydrogen (secondary N) is 1. The lowest BCUT2D eigenvalue weighted by molar-refractivity contribution is -0.137. The standard InChI is InChI=1S/C25H30ClN5O/c1-17-3-6-22-23(15-17)28-24(27-22)20-16-19(4-5-21(20)26)30-9-7-18(8-10-30)25(32)31-13-11-29(2)12-14-31/h3-6,15-16,18H,7-14H2,1-2H3,(H,27,28). The van der Waals surface area contributed by atoms with Gasteiger partial charge in [-0.05, 0) is 62.7 Å². The van der Waals surface area contributed by atoms with E-state index in [9.17, 15) is 4.79 Å². The smallest absolute Gasteiger partial charge is 0.225 e. The number of imidazole rings is 1. The predicted molar refractivity (Wildman–Crippen MR) is 130 cm³/mol. The molecule has 168 valence electrons. The van der Waals surface area contributed by atoms with E-state index in [4.69, 9.17) is 16.6 Å². The van der Waals surface area contributed by atoms with E-state index in [-0.39, 0.29) is 5.92 Å². The van der Waals surface area contributed by atoms with Gasteiger partial charge >= 0.3 is 0 Å². The highest BCUT2D eigenvalue weighted by Crippen LogP contribution is 2.33. The summed E-state index contributed by atoms with van der Waals surface area (Å²) < 4.78 is 0. The van der Waals surface area contributed by atoms with Crippen molar-refractivity contribution in [1.82, 2.24) is 19.8 Å². The van der Waals surface area contributed by atoms with Crippen LogP contribution in [0.25, 0.3) is 22.4 Å². The molecule has 0 aliphatic carbocycles. The maximum atomic E-state index is 13.0. The number of amides is 1. The van der Waals surface area contributed by atoms with Crippen molar-refractivity contribution in [2.45, 2.75) is 19.8 Å². The highest BCUT2D eigenvalue weighted by atomic mass is 35.5. The molecule has 3 heterocycles. The number of hydrogen-bond acceptors (Lipinski definition) is 4. The number of aromatic nitrogens is 2. The largest absolute Gasteiger partial charge is 0.371 e. The van der Waals surface area contributed by atoms with Gasteiger partial charge in [0, 0.05) is 56.4 Å². The van der Waals surface area contributed by atoms with Crippen LogP contribution in [0, 0.1) is 12.8 Å². The van der Waals surface area contributed by atoms with Crippen LogP contribution in [0.15, 0.2) is 36.4 Å². The maximum absolute atomic E-state index is 13.0. The van der Waals surface area contributed by atoms with E-state index in [2.05, 4.69) is 64.0 Å². The minimum absolute atomic E-state index is 0.139. The Labute approximate surface area is 194 Å². The molecule has 7 heteroatoms. The molecule has 2 aromatic carbocycles. The van der Waals surface area contributed by atoms with Crippen LogP contribution >= 0.6 is 11.6 Å². The fraction of sp³-hybridized carbons (Fsp3) is 0.440. The van der Waals surface area contributed by atoms with E-state index in [0.29, 0.717) is 10.9 Å². The molecule has 2 fully saturated rings. The number of aromatic amines is 1. The summed E-state index contributed by atoms with van der Waals surface area (Å²) in [6.07, 6.45) is 1.79. The lowest BCUT2D eigenvalue weighted by Crippen LogP contribution is -2.50. The van der Waals surface area contributed by atoms with E-state index in [1.54, 1.807) is 0 Å². The topological polar surface area (TPSA) is 55.5 Å². The van der Waals surface area contributed by atoms with Gasteiger partial charge in [-0.15, -0.1) is 0 Å². The number of H-pyrrole nitrogens is 1. The van der Waals surface area contributed by atoms with Crippen molar-refractivity contribution in [2.75, 3.05) is 51.2 Å². The molecule has 32 heavy (non-hydrogen) atoms. The maximum Gasteiger partial charge on any atom is 0.225 e. The minimum Gasteiger partial charge on any atom is -0.371 e. The zero-order valence-corrected chi connectivity index (χ0v) is 19.5. The first kappa shape index (κ1) is 21.3. The quantitative estimate of drug-likeness (QED) is 0.649. The van der Waals surface area contributed by atoms with Crippen LogP contribution in [0.2, 0.25) is 5.02 Å². The molecule has 0 unspecified atom stereocenters. The molecule has 3 aromatic rings. The zero-order chi connectivity index (χ0) is 22.2. The first-order valence-electron chi connectivity index (χ1n) is 11.5. The Morgan fingerprint density at radius 2 is 1.78 bits per heavy atom. The molecule has 2 aliphatic rings. The number of nitrogens with zero attached hydrogens (tertiary/aromatic N) is 4. The second-order valence-electron chi connectivity index (χ2n) is 9.16. The summed E-state index contributed by atoms with van der Waals surface area (Å²) >= 11 is 6.56. The van der Waals surface area contributed by atoms with Gasteiger partial charge in [0.15, 0.2) is 0 Å². The lowest BCUT2D eigenvalue weighted by atomic mass is 9.94. The molecule has 1 amide bonds. The molecule has 0 spiro atoms. The van der Waals surface area contributed by atoms with Gasteiger partial charge < -0.3 is 19.7 Å². The Bertz CT molecular complexity index is 1130. The van der Waals surface area contributed by atoms with Crippen molar-refractivity contribution in [3.8, 4) is 11.4 Å². The third-order valence-electron chi connectivity index (χ3n) is 6.87. The predicted octanol–water partition coefficient (Wildman–Crippen LogP) is 4.18. The van der Waals surface area contributed by atoms with Crippen molar-refractivity contribution in [2.24, 2.45) is 5.92 Å². The van der Waals surface area contributed by atoms with E-state index in [1.807, 2.05) is 6.07 Å². The summed E-state index contributed by atoms with van der Waals surface area (Å²) in [5.74, 6) is 1.27. The monoisotopic (exact) mass is 451 g/mol. The van der Waals surface area contributed by atoms with Crippen LogP contribution in [0.5, 0.6) is 0 Å². The number of anilines is 1. The Morgan fingerprint density at radius 1 is 1.03 bits per heavy atom. The molecule has 2 saturated heterocycles. The molecule has 0 atom stereocenters. The van der Waals surface area contributed by atoms with Crippen molar-refractivity contribution in [3.05, 3.63) is 47.0 Å². The summed E-state index contributed by atoms with van der Waals surface area (Å²) in [6, 6.07) is 12.4. The van der Waals surface area contributed by atoms with Crippen molar-refractivity contribution in [3.63, 3.8) is 0 Å². The number of piperidine rings is 1. The SMILES string of the molecule is Cc1ccc2[nH]c(-c3cc(N4CCC(C(=O)N5CCN(C)CC5)CC4)ccc3Cl)nc2c1. The van der Waals surface area contributed by atoms with Gasteiger partial charge in [-0.3, -0.25) is 4.79 Å². The molecule has 1 N–H and O–H groups in total. The second-order valence-corrected chi connectivity index (χ2v) is 9.57. The Balaban J connectivity index is 1.29. The number of rotatable bonds is 3. The fourth-order valence-electron chi connectivity index (χ4n) is 4.80. The summed E-state index contributed by atoms with van der Waals surface area (Å²) in [5, 5.41) is 0.685. The highest BCUT2D eigenvalue weighted by molar-refractivity contribution is 6.33. The van der Waals surface area contributed by atoms with E-state index in [1.165, 1.54) is 5.56 Å². The van der Waals surface area contributed by atoms with Gasteiger partial charge in [0.05, 0.1) is 16.1 Å². The van der Waals surface area contributed by atoms with Crippen molar-refractivity contribution >= 4 is 34.2 Å². The molecule has 0 bridgehead atoms. The van der Waals surface area contributed by atoms with Gasteiger partial charge in [-0.1, -0.05) is 17.7 Å². The number of halogens is 1. The number of hydrogen-bond donors (Lipinski definition) is 1.